The molecular formula is C29H30FN5O3. The van der Waals surface area contributed by atoms with E-state index in [1.54, 1.807) is 37.4 Å². The molecule has 5 rings (SSSR count). The summed E-state index contributed by atoms with van der Waals surface area (Å²) in [6.07, 6.45) is 3.79. The van der Waals surface area contributed by atoms with E-state index in [0.29, 0.717) is 16.8 Å². The van der Waals surface area contributed by atoms with Gasteiger partial charge in [0.05, 0.1) is 12.6 Å². The summed E-state index contributed by atoms with van der Waals surface area (Å²) in [5.41, 5.74) is 2.24. The fourth-order valence-corrected chi connectivity index (χ4v) is 5.04. The Hall–Kier alpha value is -4.27. The molecule has 4 aromatic rings. The topological polar surface area (TPSA) is 89.3 Å². The maximum absolute atomic E-state index is 15.2. The lowest BCUT2D eigenvalue weighted by atomic mass is 10.0. The number of fused-ring (bicyclic) bond motifs is 1. The van der Waals surface area contributed by atoms with Crippen molar-refractivity contribution in [3.63, 3.8) is 0 Å². The molecule has 8 nitrogen and oxygen atoms in total. The maximum Gasteiger partial charge on any atom is 0.247 e. The molecule has 2 amide bonds. The predicted molar refractivity (Wildman–Crippen MR) is 141 cm³/mol. The lowest BCUT2D eigenvalue weighted by molar-refractivity contribution is -0.142. The van der Waals surface area contributed by atoms with E-state index >= 15 is 4.39 Å². The first-order valence-corrected chi connectivity index (χ1v) is 12.8. The second-order valence-electron chi connectivity index (χ2n) is 9.52. The molecule has 0 aliphatic heterocycles. The molecular weight excluding hydrogens is 485 g/mol. The van der Waals surface area contributed by atoms with Gasteiger partial charge in [-0.2, -0.15) is 0 Å². The largest absolute Gasteiger partial charge is 0.497 e. The van der Waals surface area contributed by atoms with Gasteiger partial charge in [0.1, 0.15) is 29.7 Å². The number of aromatic nitrogens is 3. The van der Waals surface area contributed by atoms with E-state index in [1.165, 1.54) is 15.6 Å². The zero-order valence-corrected chi connectivity index (χ0v) is 21.2. The Bertz CT molecular complexity index is 1430. The second-order valence-corrected chi connectivity index (χ2v) is 9.52. The minimum atomic E-state index is -1.18. The van der Waals surface area contributed by atoms with Crippen molar-refractivity contribution in [2.24, 2.45) is 0 Å². The number of nitrogens with one attached hydrogen (secondary N) is 1. The average molecular weight is 516 g/mol. The van der Waals surface area contributed by atoms with Crippen molar-refractivity contribution in [1.29, 1.82) is 0 Å². The molecule has 1 aliphatic rings. The summed E-state index contributed by atoms with van der Waals surface area (Å²) in [7, 11) is 1.56. The fourth-order valence-electron chi connectivity index (χ4n) is 5.04. The third kappa shape index (κ3) is 5.51. The van der Waals surface area contributed by atoms with Gasteiger partial charge in [-0.1, -0.05) is 60.5 Å². The van der Waals surface area contributed by atoms with Gasteiger partial charge in [-0.15, -0.1) is 5.10 Å². The third-order valence-corrected chi connectivity index (χ3v) is 6.97. The number of nitrogens with zero attached hydrogens (tertiary/aromatic N) is 4. The molecule has 0 spiro atoms. The zero-order valence-electron chi connectivity index (χ0n) is 21.2. The molecule has 0 radical (unpaired) electrons. The quantitative estimate of drug-likeness (QED) is 0.357. The van der Waals surface area contributed by atoms with E-state index in [1.807, 2.05) is 36.4 Å². The van der Waals surface area contributed by atoms with E-state index < -0.39 is 23.7 Å². The van der Waals surface area contributed by atoms with E-state index in [4.69, 9.17) is 4.74 Å². The molecule has 9 heteroatoms. The van der Waals surface area contributed by atoms with Crippen LogP contribution < -0.4 is 10.1 Å². The van der Waals surface area contributed by atoms with E-state index in [-0.39, 0.29) is 24.7 Å². The van der Waals surface area contributed by atoms with Crippen LogP contribution in [-0.4, -0.2) is 44.9 Å². The van der Waals surface area contributed by atoms with Crippen molar-refractivity contribution >= 4 is 22.8 Å². The van der Waals surface area contributed by atoms with Crippen LogP contribution in [0.2, 0.25) is 0 Å². The molecule has 0 bridgehead atoms. The Morgan fingerprint density at radius 2 is 1.84 bits per heavy atom. The van der Waals surface area contributed by atoms with Crippen LogP contribution in [0.15, 0.2) is 72.8 Å². The summed E-state index contributed by atoms with van der Waals surface area (Å²) >= 11 is 0. The summed E-state index contributed by atoms with van der Waals surface area (Å²) in [5, 5.41) is 11.4. The number of benzene rings is 3. The number of carbonyl (C=O) groups excluding carboxylic acids is 2. The number of rotatable bonds is 9. The third-order valence-electron chi connectivity index (χ3n) is 6.97. The highest BCUT2D eigenvalue weighted by Crippen LogP contribution is 2.29. The highest BCUT2D eigenvalue weighted by atomic mass is 19.1. The van der Waals surface area contributed by atoms with Gasteiger partial charge in [0.2, 0.25) is 11.8 Å². The summed E-state index contributed by atoms with van der Waals surface area (Å²) in [6.45, 7) is -0.0914. The van der Waals surface area contributed by atoms with Crippen LogP contribution in [0.3, 0.4) is 0 Å². The zero-order chi connectivity index (χ0) is 26.5. The number of methoxy groups -OCH3 is 1. The molecule has 1 aromatic heterocycles. The van der Waals surface area contributed by atoms with Crippen LogP contribution in [-0.2, 0) is 22.7 Å². The highest BCUT2D eigenvalue weighted by Gasteiger charge is 2.35. The number of amides is 2. The van der Waals surface area contributed by atoms with Crippen LogP contribution in [0.1, 0.15) is 42.9 Å². The van der Waals surface area contributed by atoms with Gasteiger partial charge in [-0.25, -0.2) is 9.07 Å². The van der Waals surface area contributed by atoms with Gasteiger partial charge in [-0.3, -0.25) is 9.59 Å². The van der Waals surface area contributed by atoms with Crippen LogP contribution in [0, 0.1) is 5.82 Å². The summed E-state index contributed by atoms with van der Waals surface area (Å²) in [6, 6.07) is 19.6. The van der Waals surface area contributed by atoms with Gasteiger partial charge in [0.15, 0.2) is 0 Å². The van der Waals surface area contributed by atoms with Crippen molar-refractivity contribution in [1.82, 2.24) is 25.2 Å². The molecule has 0 unspecified atom stereocenters. The first-order chi connectivity index (χ1) is 18.5. The van der Waals surface area contributed by atoms with Gasteiger partial charge >= 0.3 is 0 Å². The lowest BCUT2D eigenvalue weighted by Gasteiger charge is -2.32. The molecule has 1 saturated carbocycles. The minimum absolute atomic E-state index is 0.00445. The van der Waals surface area contributed by atoms with E-state index in [2.05, 4.69) is 15.6 Å². The van der Waals surface area contributed by atoms with Crippen molar-refractivity contribution in [2.75, 3.05) is 7.11 Å². The Kier molecular flexibility index (Phi) is 7.62. The number of ether oxygens (including phenoxy) is 1. The number of para-hydroxylation sites is 1. The number of hydrogen-bond donors (Lipinski definition) is 1. The lowest BCUT2D eigenvalue weighted by Crippen LogP contribution is -2.47. The molecule has 1 N–H and O–H groups in total. The van der Waals surface area contributed by atoms with E-state index in [0.717, 1.165) is 31.2 Å². The smallest absolute Gasteiger partial charge is 0.247 e. The van der Waals surface area contributed by atoms with Crippen molar-refractivity contribution in [2.45, 2.75) is 50.9 Å². The molecule has 3 aromatic carbocycles. The second kappa shape index (κ2) is 11.4. The van der Waals surface area contributed by atoms with Gasteiger partial charge in [0, 0.05) is 18.2 Å². The van der Waals surface area contributed by atoms with Crippen LogP contribution in [0.25, 0.3) is 11.0 Å². The Morgan fingerprint density at radius 3 is 2.63 bits per heavy atom. The number of hydrogen-bond acceptors (Lipinski definition) is 5. The average Bonchev–Trinajstić information content (AvgIpc) is 3.59. The standard InChI is InChI=1S/C29H30FN5O3/c1-38-22-12-8-9-20(17-22)18-34(27(36)19-35-26-16-7-6-15-25(26)32-33-35)28(23-13-4-5-14-24(23)30)29(37)31-21-10-2-3-11-21/h4-9,12-17,21,28H,2-3,10-11,18-19H2,1H3,(H,31,37)/t28-/m0/s1. The Labute approximate surface area is 220 Å². The molecule has 1 fully saturated rings. The molecule has 1 atom stereocenters. The Morgan fingerprint density at radius 1 is 1.08 bits per heavy atom. The predicted octanol–water partition coefficient (Wildman–Crippen LogP) is 4.41. The molecule has 38 heavy (non-hydrogen) atoms. The maximum atomic E-state index is 15.2. The molecule has 1 aliphatic carbocycles. The van der Waals surface area contributed by atoms with Gasteiger partial charge in [-0.05, 0) is 48.7 Å². The fraction of sp³-hybridized carbons (Fsp3) is 0.310. The number of carbonyl (C=O) groups is 2. The molecule has 0 saturated heterocycles. The molecule has 196 valence electrons. The first kappa shape index (κ1) is 25.4. The van der Waals surface area contributed by atoms with Gasteiger partial charge < -0.3 is 15.0 Å². The summed E-state index contributed by atoms with van der Waals surface area (Å²) in [4.78, 5) is 29.2. The highest BCUT2D eigenvalue weighted by molar-refractivity contribution is 5.89. The van der Waals surface area contributed by atoms with Crippen LogP contribution >= 0.6 is 0 Å². The van der Waals surface area contributed by atoms with Gasteiger partial charge in [0.25, 0.3) is 0 Å². The van der Waals surface area contributed by atoms with Crippen LogP contribution in [0.4, 0.5) is 4.39 Å². The monoisotopic (exact) mass is 515 g/mol. The van der Waals surface area contributed by atoms with Crippen molar-refractivity contribution < 1.29 is 18.7 Å². The minimum Gasteiger partial charge on any atom is -0.497 e. The first-order valence-electron chi connectivity index (χ1n) is 12.8. The summed E-state index contributed by atoms with van der Waals surface area (Å²) in [5.74, 6) is -0.719. The molecule has 1 heterocycles. The number of halogens is 1. The van der Waals surface area contributed by atoms with Crippen molar-refractivity contribution in [3.05, 3.63) is 89.7 Å². The Balaban J connectivity index is 1.55. The van der Waals surface area contributed by atoms with Crippen LogP contribution in [0.5, 0.6) is 5.75 Å². The normalized spacial score (nSPS) is 14.4. The SMILES string of the molecule is COc1cccc(CN(C(=O)Cn2nnc3ccccc32)[C@H](C(=O)NC2CCCC2)c2ccccc2F)c1. The summed E-state index contributed by atoms with van der Waals surface area (Å²) < 4.78 is 22.1. The van der Waals surface area contributed by atoms with E-state index in [9.17, 15) is 9.59 Å². The van der Waals surface area contributed by atoms with Crippen molar-refractivity contribution in [3.8, 4) is 5.75 Å².